The van der Waals surface area contributed by atoms with Crippen LogP contribution in [0.5, 0.6) is 0 Å². The molecule has 0 radical (unpaired) electrons. The van der Waals surface area contributed by atoms with E-state index in [1.54, 1.807) is 0 Å². The molecule has 2 amide bonds. The van der Waals surface area contributed by atoms with Gasteiger partial charge in [-0.2, -0.15) is 0 Å². The molecule has 58 valence electrons. The van der Waals surface area contributed by atoms with E-state index < -0.39 is 16.9 Å². The zero-order valence-corrected chi connectivity index (χ0v) is 5.71. The molecule has 4 heteroatoms. The number of halogens is 1. The second-order valence-corrected chi connectivity index (χ2v) is 2.09. The van der Waals surface area contributed by atoms with Crippen molar-refractivity contribution in [3.8, 4) is 0 Å². The summed E-state index contributed by atoms with van der Waals surface area (Å²) in [6.07, 6.45) is 2.64. The zero-order chi connectivity index (χ0) is 8.43. The summed E-state index contributed by atoms with van der Waals surface area (Å²) >= 11 is 0. The number of nitrogens with zero attached hydrogens (tertiary/aromatic N) is 1. The van der Waals surface area contributed by atoms with Crippen molar-refractivity contribution in [3.05, 3.63) is 24.3 Å². The molecule has 0 N–H and O–H groups in total. The maximum absolute atomic E-state index is 12.3. The van der Waals surface area contributed by atoms with Crippen LogP contribution in [0.3, 0.4) is 0 Å². The van der Waals surface area contributed by atoms with Crippen molar-refractivity contribution in [2.24, 2.45) is 0 Å². The number of carbonyl (C=O) groups excluding carboxylic acids is 2. The van der Waals surface area contributed by atoms with E-state index in [4.69, 9.17) is 0 Å². The first-order valence-electron chi connectivity index (χ1n) is 3.02. The number of imide groups is 1. The molecule has 0 atom stereocenters. The van der Waals surface area contributed by atoms with E-state index in [1.165, 1.54) is 6.08 Å². The molecule has 1 aliphatic heterocycles. The van der Waals surface area contributed by atoms with E-state index in [-0.39, 0.29) is 12.0 Å². The van der Waals surface area contributed by atoms with Crippen molar-refractivity contribution in [1.29, 1.82) is 0 Å². The lowest BCUT2D eigenvalue weighted by molar-refractivity contribution is -0.153. The molecule has 1 heterocycles. The Morgan fingerprint density at radius 3 is 2.64 bits per heavy atom. The third-order valence-electron chi connectivity index (χ3n) is 1.31. The minimum absolute atomic E-state index is 0.146. The van der Waals surface area contributed by atoms with Crippen molar-refractivity contribution in [1.82, 2.24) is 5.12 Å². The van der Waals surface area contributed by atoms with Crippen LogP contribution in [0, 0.1) is 0 Å². The third kappa shape index (κ3) is 1.19. The molecule has 0 fully saturated rings. The Labute approximate surface area is 62.7 Å². The minimum atomic E-state index is -0.910. The molecule has 1 aliphatic rings. The fraction of sp³-hybridized carbons (Fsp3) is 0.143. The van der Waals surface area contributed by atoms with Gasteiger partial charge in [-0.25, -0.2) is 0 Å². The summed E-state index contributed by atoms with van der Waals surface area (Å²) in [6, 6.07) is 0. The molecule has 0 saturated carbocycles. The highest BCUT2D eigenvalue weighted by atomic mass is 19.2. The van der Waals surface area contributed by atoms with Crippen LogP contribution in [0.4, 0.5) is 4.48 Å². The summed E-state index contributed by atoms with van der Waals surface area (Å²) in [4.78, 5) is 21.2. The standard InChI is InChI=1S/C7H6FNO2/c1-2-3-5-4-6(10)9(8)7(5)11/h2,4H,1,3H2. The van der Waals surface area contributed by atoms with Crippen LogP contribution in [0.2, 0.25) is 0 Å². The van der Waals surface area contributed by atoms with Crippen LogP contribution in [0.1, 0.15) is 6.42 Å². The first-order chi connectivity index (χ1) is 5.16. The first kappa shape index (κ1) is 7.65. The summed E-state index contributed by atoms with van der Waals surface area (Å²) in [6.45, 7) is 3.36. The second kappa shape index (κ2) is 2.65. The highest BCUT2D eigenvalue weighted by Gasteiger charge is 2.30. The van der Waals surface area contributed by atoms with E-state index in [0.717, 1.165) is 6.08 Å². The van der Waals surface area contributed by atoms with Gasteiger partial charge in [-0.15, -0.1) is 11.7 Å². The van der Waals surface area contributed by atoms with Gasteiger partial charge in [0.2, 0.25) is 0 Å². The Balaban J connectivity index is 2.83. The molecular weight excluding hydrogens is 149 g/mol. The van der Waals surface area contributed by atoms with Gasteiger partial charge in [0.25, 0.3) is 11.8 Å². The lowest BCUT2D eigenvalue weighted by atomic mass is 10.2. The first-order valence-corrected chi connectivity index (χ1v) is 3.02. The largest absolute Gasteiger partial charge is 0.285 e. The molecule has 0 aromatic rings. The smallest absolute Gasteiger partial charge is 0.267 e. The number of allylic oxidation sites excluding steroid dienone is 1. The molecule has 0 aromatic heterocycles. The number of hydrogen-bond donors (Lipinski definition) is 0. The Morgan fingerprint density at radius 2 is 2.27 bits per heavy atom. The van der Waals surface area contributed by atoms with Gasteiger partial charge in [-0.05, 0) is 6.42 Å². The van der Waals surface area contributed by atoms with Gasteiger partial charge in [-0.1, -0.05) is 10.6 Å². The Kier molecular flexibility index (Phi) is 1.85. The summed E-state index contributed by atoms with van der Waals surface area (Å²) in [7, 11) is 0. The van der Waals surface area contributed by atoms with Crippen molar-refractivity contribution < 1.29 is 14.1 Å². The topological polar surface area (TPSA) is 37.4 Å². The number of rotatable bonds is 2. The van der Waals surface area contributed by atoms with Gasteiger partial charge in [0.05, 0.1) is 0 Å². The van der Waals surface area contributed by atoms with Gasteiger partial charge < -0.3 is 0 Å². The van der Waals surface area contributed by atoms with Crippen LogP contribution in [0.15, 0.2) is 24.3 Å². The van der Waals surface area contributed by atoms with Crippen molar-refractivity contribution in [2.45, 2.75) is 6.42 Å². The van der Waals surface area contributed by atoms with Crippen LogP contribution in [0.25, 0.3) is 0 Å². The molecule has 11 heavy (non-hydrogen) atoms. The van der Waals surface area contributed by atoms with Crippen LogP contribution >= 0.6 is 0 Å². The average molecular weight is 155 g/mol. The molecule has 0 unspecified atom stereocenters. The lowest BCUT2D eigenvalue weighted by Crippen LogP contribution is -2.21. The molecule has 0 saturated heterocycles. The van der Waals surface area contributed by atoms with E-state index in [1.807, 2.05) is 0 Å². The quantitative estimate of drug-likeness (QED) is 0.335. The fourth-order valence-corrected chi connectivity index (χ4v) is 0.795. The molecule has 0 bridgehead atoms. The Bertz CT molecular complexity index is 257. The van der Waals surface area contributed by atoms with E-state index in [2.05, 4.69) is 6.58 Å². The SMILES string of the molecule is C=CCC1=CC(=O)N(F)C1=O. The minimum Gasteiger partial charge on any atom is -0.267 e. The highest BCUT2D eigenvalue weighted by molar-refractivity contribution is 6.15. The predicted octanol–water partition coefficient (Wildman–Crippen LogP) is 0.742. The summed E-state index contributed by atoms with van der Waals surface area (Å²) in [5, 5.41) is -0.404. The summed E-state index contributed by atoms with van der Waals surface area (Å²) < 4.78 is 12.3. The van der Waals surface area contributed by atoms with E-state index >= 15 is 0 Å². The molecule has 0 aliphatic carbocycles. The molecule has 1 rings (SSSR count). The van der Waals surface area contributed by atoms with Gasteiger partial charge in [0.15, 0.2) is 0 Å². The monoisotopic (exact) mass is 155 g/mol. The fourth-order valence-electron chi connectivity index (χ4n) is 0.795. The normalized spacial score (nSPS) is 17.2. The Morgan fingerprint density at radius 1 is 1.64 bits per heavy atom. The molecule has 0 spiro atoms. The van der Waals surface area contributed by atoms with Crippen molar-refractivity contribution >= 4 is 11.8 Å². The van der Waals surface area contributed by atoms with Crippen molar-refractivity contribution in [3.63, 3.8) is 0 Å². The number of hydrogen-bond acceptors (Lipinski definition) is 2. The Hall–Kier alpha value is -1.45. The van der Waals surface area contributed by atoms with Gasteiger partial charge in [0.1, 0.15) is 0 Å². The van der Waals surface area contributed by atoms with Crippen LogP contribution in [-0.2, 0) is 9.59 Å². The van der Waals surface area contributed by atoms with Crippen molar-refractivity contribution in [2.75, 3.05) is 0 Å². The van der Waals surface area contributed by atoms with Gasteiger partial charge in [-0.3, -0.25) is 9.59 Å². The molecular formula is C7H6FNO2. The van der Waals surface area contributed by atoms with E-state index in [0.29, 0.717) is 0 Å². The molecule has 3 nitrogen and oxygen atoms in total. The average Bonchev–Trinajstić information content (AvgIpc) is 2.19. The predicted molar refractivity (Wildman–Crippen MR) is 35.9 cm³/mol. The number of amides is 2. The second-order valence-electron chi connectivity index (χ2n) is 2.09. The van der Waals surface area contributed by atoms with Crippen LogP contribution < -0.4 is 0 Å². The lowest BCUT2D eigenvalue weighted by Gasteiger charge is -1.98. The van der Waals surface area contributed by atoms with E-state index in [9.17, 15) is 14.1 Å². The van der Waals surface area contributed by atoms with Gasteiger partial charge >= 0.3 is 0 Å². The summed E-state index contributed by atoms with van der Waals surface area (Å²) in [5.74, 6) is -1.79. The number of carbonyl (C=O) groups is 2. The summed E-state index contributed by atoms with van der Waals surface area (Å²) in [5.41, 5.74) is 0.146. The van der Waals surface area contributed by atoms with Gasteiger partial charge in [0, 0.05) is 11.6 Å². The highest BCUT2D eigenvalue weighted by Crippen LogP contribution is 2.15. The zero-order valence-electron chi connectivity index (χ0n) is 5.71. The maximum atomic E-state index is 12.3. The third-order valence-corrected chi connectivity index (χ3v) is 1.31. The maximum Gasteiger partial charge on any atom is 0.285 e. The molecule has 0 aromatic carbocycles. The van der Waals surface area contributed by atoms with Crippen LogP contribution in [-0.4, -0.2) is 16.9 Å².